The number of rotatable bonds is 5. The Labute approximate surface area is 112 Å². The van der Waals surface area contributed by atoms with Crippen LogP contribution in [-0.4, -0.2) is 42.9 Å². The highest BCUT2D eigenvalue weighted by molar-refractivity contribution is 5.81. The van der Waals surface area contributed by atoms with Crippen LogP contribution in [0.5, 0.6) is 0 Å². The molecule has 3 amide bonds. The molecule has 19 heavy (non-hydrogen) atoms. The first-order chi connectivity index (χ1) is 8.61. The van der Waals surface area contributed by atoms with Crippen LogP contribution >= 0.6 is 0 Å². The molecule has 0 aliphatic carbocycles. The summed E-state index contributed by atoms with van der Waals surface area (Å²) in [6, 6.07) is -1.54. The number of alkyl carbamates (subject to hydrolysis) is 1. The maximum atomic E-state index is 11.5. The normalized spacial score (nSPS) is 12.2. The standard InChI is InChI=1S/C11H21N3O5/c1-7(14-10(17)19-11(2,3)4)8(15)18-6-5-13-9(12)16/h7H,5-6H2,1-4H3,(H,14,17)(H3,12,13,16). The second-order valence-corrected chi connectivity index (χ2v) is 4.83. The predicted molar refractivity (Wildman–Crippen MR) is 67.4 cm³/mol. The Morgan fingerprint density at radius 3 is 2.32 bits per heavy atom. The lowest BCUT2D eigenvalue weighted by molar-refractivity contribution is -0.145. The minimum Gasteiger partial charge on any atom is -0.462 e. The Bertz CT molecular complexity index is 338. The second kappa shape index (κ2) is 7.45. The summed E-state index contributed by atoms with van der Waals surface area (Å²) in [6.45, 7) is 6.69. The molecule has 0 fully saturated rings. The molecule has 0 bridgehead atoms. The molecule has 0 aromatic heterocycles. The summed E-state index contributed by atoms with van der Waals surface area (Å²) in [5.41, 5.74) is 4.19. The Morgan fingerprint density at radius 2 is 1.84 bits per heavy atom. The smallest absolute Gasteiger partial charge is 0.408 e. The Balaban J connectivity index is 3.93. The zero-order chi connectivity index (χ0) is 15.1. The average Bonchev–Trinajstić information content (AvgIpc) is 2.20. The summed E-state index contributed by atoms with van der Waals surface area (Å²) in [5.74, 6) is -0.628. The fraction of sp³-hybridized carbons (Fsp3) is 0.727. The fourth-order valence-corrected chi connectivity index (χ4v) is 0.994. The van der Waals surface area contributed by atoms with Crippen molar-refractivity contribution in [1.82, 2.24) is 10.6 Å². The van der Waals surface area contributed by atoms with Gasteiger partial charge in [-0.25, -0.2) is 14.4 Å². The first-order valence-electron chi connectivity index (χ1n) is 5.81. The monoisotopic (exact) mass is 275 g/mol. The summed E-state index contributed by atoms with van der Waals surface area (Å²) < 4.78 is 9.79. The molecular formula is C11H21N3O5. The molecule has 4 N–H and O–H groups in total. The van der Waals surface area contributed by atoms with Gasteiger partial charge in [0.1, 0.15) is 18.2 Å². The number of ether oxygens (including phenoxy) is 2. The third-order valence-corrected chi connectivity index (χ3v) is 1.73. The van der Waals surface area contributed by atoms with Crippen LogP contribution in [0.1, 0.15) is 27.7 Å². The number of carbonyl (C=O) groups is 3. The maximum Gasteiger partial charge on any atom is 0.408 e. The van der Waals surface area contributed by atoms with Crippen LogP contribution in [0.25, 0.3) is 0 Å². The number of amides is 3. The van der Waals surface area contributed by atoms with Crippen LogP contribution in [0.4, 0.5) is 9.59 Å². The highest BCUT2D eigenvalue weighted by Crippen LogP contribution is 2.06. The molecule has 1 unspecified atom stereocenters. The van der Waals surface area contributed by atoms with Crippen LogP contribution in [0.3, 0.4) is 0 Å². The van der Waals surface area contributed by atoms with Gasteiger partial charge in [-0.05, 0) is 27.7 Å². The second-order valence-electron chi connectivity index (χ2n) is 4.83. The van der Waals surface area contributed by atoms with E-state index in [2.05, 4.69) is 10.6 Å². The lowest BCUT2D eigenvalue weighted by Crippen LogP contribution is -2.43. The van der Waals surface area contributed by atoms with Gasteiger partial charge < -0.3 is 25.8 Å². The summed E-state index contributed by atoms with van der Waals surface area (Å²) in [5, 5.41) is 4.60. The SMILES string of the molecule is CC(NC(=O)OC(C)(C)C)C(=O)OCCNC(N)=O. The van der Waals surface area contributed by atoms with E-state index in [0.29, 0.717) is 0 Å². The van der Waals surface area contributed by atoms with Gasteiger partial charge in [-0.2, -0.15) is 0 Å². The van der Waals surface area contributed by atoms with Crippen LogP contribution in [0.2, 0.25) is 0 Å². The van der Waals surface area contributed by atoms with Gasteiger partial charge in [-0.15, -0.1) is 0 Å². The molecule has 0 rings (SSSR count). The summed E-state index contributed by atoms with van der Waals surface area (Å²) in [6.07, 6.45) is -0.702. The summed E-state index contributed by atoms with van der Waals surface area (Å²) >= 11 is 0. The maximum absolute atomic E-state index is 11.5. The van der Waals surface area contributed by atoms with Crippen molar-refractivity contribution in [1.29, 1.82) is 0 Å². The van der Waals surface area contributed by atoms with E-state index in [1.165, 1.54) is 6.92 Å². The lowest BCUT2D eigenvalue weighted by Gasteiger charge is -2.21. The van der Waals surface area contributed by atoms with Gasteiger partial charge in [0, 0.05) is 0 Å². The number of nitrogens with two attached hydrogens (primary N) is 1. The molecule has 0 aliphatic rings. The molecule has 0 heterocycles. The largest absolute Gasteiger partial charge is 0.462 e. The molecule has 1 atom stereocenters. The van der Waals surface area contributed by atoms with Gasteiger partial charge in [-0.3, -0.25) is 0 Å². The van der Waals surface area contributed by atoms with Gasteiger partial charge in [0.05, 0.1) is 6.54 Å². The van der Waals surface area contributed by atoms with Crippen LogP contribution in [0, 0.1) is 0 Å². The van der Waals surface area contributed by atoms with Crippen molar-refractivity contribution < 1.29 is 23.9 Å². The molecule has 110 valence electrons. The zero-order valence-corrected chi connectivity index (χ0v) is 11.6. The molecular weight excluding hydrogens is 254 g/mol. The van der Waals surface area contributed by atoms with Crippen molar-refractivity contribution in [3.8, 4) is 0 Å². The van der Waals surface area contributed by atoms with Crippen LogP contribution < -0.4 is 16.4 Å². The molecule has 0 radical (unpaired) electrons. The zero-order valence-electron chi connectivity index (χ0n) is 11.6. The van der Waals surface area contributed by atoms with Gasteiger partial charge >= 0.3 is 18.1 Å². The van der Waals surface area contributed by atoms with E-state index < -0.39 is 29.7 Å². The van der Waals surface area contributed by atoms with Crippen LogP contribution in [0.15, 0.2) is 0 Å². The van der Waals surface area contributed by atoms with Crippen molar-refractivity contribution in [2.45, 2.75) is 39.3 Å². The first kappa shape index (κ1) is 17.0. The molecule has 0 aromatic rings. The lowest BCUT2D eigenvalue weighted by atomic mass is 10.2. The number of primary amides is 1. The van der Waals surface area contributed by atoms with Crippen molar-refractivity contribution in [3.05, 3.63) is 0 Å². The highest BCUT2D eigenvalue weighted by Gasteiger charge is 2.21. The Kier molecular flexibility index (Phi) is 6.67. The number of carbonyl (C=O) groups excluding carboxylic acids is 3. The van der Waals surface area contributed by atoms with Crippen molar-refractivity contribution >= 4 is 18.1 Å². The Hall–Kier alpha value is -1.99. The average molecular weight is 275 g/mol. The fourth-order valence-electron chi connectivity index (χ4n) is 0.994. The third kappa shape index (κ3) is 9.69. The number of nitrogens with one attached hydrogen (secondary N) is 2. The summed E-state index contributed by atoms with van der Waals surface area (Å²) in [4.78, 5) is 33.2. The first-order valence-corrected chi connectivity index (χ1v) is 5.81. The van der Waals surface area contributed by atoms with Crippen molar-refractivity contribution in [3.63, 3.8) is 0 Å². The quantitative estimate of drug-likeness (QED) is 0.486. The van der Waals surface area contributed by atoms with Gasteiger partial charge in [0.25, 0.3) is 0 Å². The van der Waals surface area contributed by atoms with Gasteiger partial charge in [0.2, 0.25) is 0 Å². The minimum atomic E-state index is -0.844. The number of esters is 1. The molecule has 0 aromatic carbocycles. The molecule has 8 nitrogen and oxygen atoms in total. The Morgan fingerprint density at radius 1 is 1.26 bits per heavy atom. The van der Waals surface area contributed by atoms with E-state index in [4.69, 9.17) is 15.2 Å². The van der Waals surface area contributed by atoms with E-state index in [-0.39, 0.29) is 13.2 Å². The van der Waals surface area contributed by atoms with E-state index in [9.17, 15) is 14.4 Å². The van der Waals surface area contributed by atoms with Gasteiger partial charge in [-0.1, -0.05) is 0 Å². The highest BCUT2D eigenvalue weighted by atomic mass is 16.6. The molecule has 0 spiro atoms. The molecule has 0 saturated heterocycles. The summed E-state index contributed by atoms with van der Waals surface area (Å²) in [7, 11) is 0. The van der Waals surface area contributed by atoms with E-state index >= 15 is 0 Å². The van der Waals surface area contributed by atoms with Gasteiger partial charge in [0.15, 0.2) is 0 Å². The molecule has 0 saturated carbocycles. The van der Waals surface area contributed by atoms with E-state index in [1.54, 1.807) is 20.8 Å². The van der Waals surface area contributed by atoms with Crippen LogP contribution in [-0.2, 0) is 14.3 Å². The predicted octanol–water partition coefficient (Wildman–Crippen LogP) is 0.111. The van der Waals surface area contributed by atoms with Crippen molar-refractivity contribution in [2.24, 2.45) is 5.73 Å². The number of hydrogen-bond donors (Lipinski definition) is 3. The van der Waals surface area contributed by atoms with E-state index in [1.807, 2.05) is 0 Å². The number of urea groups is 1. The van der Waals surface area contributed by atoms with E-state index in [0.717, 1.165) is 0 Å². The number of hydrogen-bond acceptors (Lipinski definition) is 5. The topological polar surface area (TPSA) is 120 Å². The minimum absolute atomic E-state index is 0.0257. The molecule has 8 heteroatoms. The molecule has 0 aliphatic heterocycles. The van der Waals surface area contributed by atoms with Crippen molar-refractivity contribution in [2.75, 3.05) is 13.2 Å². The third-order valence-electron chi connectivity index (χ3n) is 1.73.